The fraction of sp³-hybridized carbons (Fsp3) is 0. The summed E-state index contributed by atoms with van der Waals surface area (Å²) in [7, 11) is -1.48. The minimum atomic E-state index is -1.48. The summed E-state index contributed by atoms with van der Waals surface area (Å²) < 4.78 is 2.21. The zero-order valence-electron chi connectivity index (χ0n) is 16.9. The molecule has 0 radical (unpaired) electrons. The first-order chi connectivity index (χ1) is 15.7. The number of benzene rings is 4. The number of aromatic nitrogens is 2. The van der Waals surface area contributed by atoms with Gasteiger partial charge in [0.2, 0.25) is 0 Å². The van der Waals surface area contributed by atoms with Gasteiger partial charge in [0, 0.05) is 31.3 Å². The molecule has 6 aromatic rings. The molecule has 0 saturated carbocycles. The molecule has 2 aromatic heterocycles. The van der Waals surface area contributed by atoms with Crippen LogP contribution in [0.4, 0.5) is 0 Å². The highest BCUT2D eigenvalue weighted by molar-refractivity contribution is 7.25. The molecule has 2 heterocycles. The molecule has 0 aliphatic carbocycles. The van der Waals surface area contributed by atoms with Crippen molar-refractivity contribution in [3.8, 4) is 22.6 Å². The van der Waals surface area contributed by atoms with Crippen LogP contribution in [0.3, 0.4) is 0 Å². The van der Waals surface area contributed by atoms with Crippen LogP contribution in [0.2, 0.25) is 0 Å². The summed E-state index contributed by atoms with van der Waals surface area (Å²) in [5, 5.41) is 22.2. The first-order valence-electron chi connectivity index (χ1n) is 10.3. The lowest BCUT2D eigenvalue weighted by Gasteiger charge is -2.09. The second kappa shape index (κ2) is 7.53. The van der Waals surface area contributed by atoms with E-state index in [-0.39, 0.29) is 0 Å². The molecule has 152 valence electrons. The van der Waals surface area contributed by atoms with E-state index in [9.17, 15) is 10.0 Å². The molecule has 4 aromatic carbocycles. The lowest BCUT2D eigenvalue weighted by atomic mass is 9.80. The maximum Gasteiger partial charge on any atom is 0.488 e. The standard InChI is InChI=1S/C26H17BN2O2S/c30-27(31)18-11-13-23-21(15-18)19-12-10-17(14-24(19)32-23)26-28-22-9-5-4-8-20(22)25(29-26)16-6-2-1-3-7-16/h1-15,30-31H. The van der Waals surface area contributed by atoms with Crippen LogP contribution in [0.25, 0.3) is 53.7 Å². The molecule has 6 heteroatoms. The summed E-state index contributed by atoms with van der Waals surface area (Å²) in [5.74, 6) is 0.688. The van der Waals surface area contributed by atoms with E-state index >= 15 is 0 Å². The van der Waals surface area contributed by atoms with Crippen molar-refractivity contribution in [1.29, 1.82) is 0 Å². The van der Waals surface area contributed by atoms with Crippen LogP contribution in [0.5, 0.6) is 0 Å². The van der Waals surface area contributed by atoms with E-state index < -0.39 is 7.12 Å². The number of para-hydroxylation sites is 1. The molecule has 0 amide bonds. The van der Waals surface area contributed by atoms with Crippen LogP contribution in [-0.4, -0.2) is 27.1 Å². The van der Waals surface area contributed by atoms with Gasteiger partial charge in [-0.2, -0.15) is 0 Å². The SMILES string of the molecule is OB(O)c1ccc2sc3cc(-c4nc(-c5ccccc5)c5ccccc5n4)ccc3c2c1. The number of hydrogen-bond acceptors (Lipinski definition) is 5. The Hall–Kier alpha value is -3.58. The minimum absolute atomic E-state index is 0.492. The molecule has 0 bridgehead atoms. The van der Waals surface area contributed by atoms with Crippen molar-refractivity contribution >= 4 is 55.0 Å². The fourth-order valence-electron chi connectivity index (χ4n) is 4.12. The number of rotatable bonds is 3. The molecule has 0 spiro atoms. The van der Waals surface area contributed by atoms with Crippen LogP contribution in [0, 0.1) is 0 Å². The van der Waals surface area contributed by atoms with Crippen LogP contribution in [0.1, 0.15) is 0 Å². The Morgan fingerprint density at radius 2 is 1.44 bits per heavy atom. The van der Waals surface area contributed by atoms with Crippen LogP contribution in [-0.2, 0) is 0 Å². The summed E-state index contributed by atoms with van der Waals surface area (Å²) in [6.45, 7) is 0. The molecule has 32 heavy (non-hydrogen) atoms. The van der Waals surface area contributed by atoms with Gasteiger partial charge in [0.05, 0.1) is 11.2 Å². The van der Waals surface area contributed by atoms with Gasteiger partial charge in [-0.15, -0.1) is 11.3 Å². The van der Waals surface area contributed by atoms with Gasteiger partial charge in [-0.25, -0.2) is 9.97 Å². The first kappa shape index (κ1) is 19.1. The summed E-state index contributed by atoms with van der Waals surface area (Å²) in [6, 6.07) is 30.0. The van der Waals surface area contributed by atoms with Crippen molar-refractivity contribution in [2.24, 2.45) is 0 Å². The second-order valence-electron chi connectivity index (χ2n) is 7.72. The maximum atomic E-state index is 9.53. The van der Waals surface area contributed by atoms with Crippen molar-refractivity contribution in [1.82, 2.24) is 9.97 Å². The third-order valence-corrected chi connectivity index (χ3v) is 6.84. The maximum absolute atomic E-state index is 9.53. The minimum Gasteiger partial charge on any atom is -0.423 e. The van der Waals surface area contributed by atoms with E-state index in [0.717, 1.165) is 47.9 Å². The molecule has 4 nitrogen and oxygen atoms in total. The summed E-state index contributed by atoms with van der Waals surface area (Å²) in [6.07, 6.45) is 0. The van der Waals surface area contributed by atoms with Crippen LogP contribution < -0.4 is 5.46 Å². The summed E-state index contributed by atoms with van der Waals surface area (Å²) in [4.78, 5) is 9.82. The Bertz CT molecular complexity index is 1610. The van der Waals surface area contributed by atoms with Crippen molar-refractivity contribution in [3.05, 3.63) is 91.0 Å². The average molecular weight is 432 g/mol. The fourth-order valence-corrected chi connectivity index (χ4v) is 5.24. The lowest BCUT2D eigenvalue weighted by molar-refractivity contribution is 0.426. The Kier molecular flexibility index (Phi) is 4.50. The molecule has 0 aliphatic heterocycles. The predicted octanol–water partition coefficient (Wildman–Crippen LogP) is 5.01. The van der Waals surface area contributed by atoms with Crippen molar-refractivity contribution in [2.75, 3.05) is 0 Å². The molecular formula is C26H17BN2O2S. The molecule has 0 atom stereocenters. The first-order valence-corrected chi connectivity index (χ1v) is 11.1. The number of nitrogens with zero attached hydrogens (tertiary/aromatic N) is 2. The van der Waals surface area contributed by atoms with Crippen LogP contribution in [0.15, 0.2) is 91.0 Å². The highest BCUT2D eigenvalue weighted by Gasteiger charge is 2.15. The second-order valence-corrected chi connectivity index (χ2v) is 8.81. The number of thiophene rings is 1. The number of fused-ring (bicyclic) bond motifs is 4. The molecule has 0 fully saturated rings. The van der Waals surface area contributed by atoms with E-state index in [4.69, 9.17) is 9.97 Å². The van der Waals surface area contributed by atoms with Gasteiger partial charge < -0.3 is 10.0 Å². The average Bonchev–Trinajstić information content (AvgIpc) is 3.21. The molecule has 0 aliphatic rings. The predicted molar refractivity (Wildman–Crippen MR) is 133 cm³/mol. The lowest BCUT2D eigenvalue weighted by Crippen LogP contribution is -2.29. The third kappa shape index (κ3) is 3.17. The highest BCUT2D eigenvalue weighted by Crippen LogP contribution is 2.36. The Labute approximate surface area is 188 Å². The quantitative estimate of drug-likeness (QED) is 0.386. The van der Waals surface area contributed by atoms with Gasteiger partial charge >= 0.3 is 7.12 Å². The van der Waals surface area contributed by atoms with Gasteiger partial charge in [0.25, 0.3) is 0 Å². The monoisotopic (exact) mass is 432 g/mol. The van der Waals surface area contributed by atoms with Gasteiger partial charge in [-0.1, -0.05) is 72.8 Å². The topological polar surface area (TPSA) is 66.2 Å². The molecule has 2 N–H and O–H groups in total. The van der Waals surface area contributed by atoms with Crippen molar-refractivity contribution in [3.63, 3.8) is 0 Å². The Balaban J connectivity index is 1.55. The molecule has 0 saturated heterocycles. The zero-order chi connectivity index (χ0) is 21.7. The van der Waals surface area contributed by atoms with Gasteiger partial charge in [-0.3, -0.25) is 0 Å². The van der Waals surface area contributed by atoms with E-state index in [1.165, 1.54) is 0 Å². The van der Waals surface area contributed by atoms with E-state index in [1.54, 1.807) is 17.4 Å². The van der Waals surface area contributed by atoms with Crippen molar-refractivity contribution < 1.29 is 10.0 Å². The molecular weight excluding hydrogens is 415 g/mol. The van der Waals surface area contributed by atoms with Crippen molar-refractivity contribution in [2.45, 2.75) is 0 Å². The molecule has 0 unspecified atom stereocenters. The summed E-state index contributed by atoms with van der Waals surface area (Å²) >= 11 is 1.68. The zero-order valence-corrected chi connectivity index (χ0v) is 17.8. The largest absolute Gasteiger partial charge is 0.488 e. The summed E-state index contributed by atoms with van der Waals surface area (Å²) in [5.41, 5.74) is 4.34. The van der Waals surface area contributed by atoms with E-state index in [2.05, 4.69) is 30.3 Å². The Morgan fingerprint density at radius 3 is 2.28 bits per heavy atom. The highest BCUT2D eigenvalue weighted by atomic mass is 32.1. The normalized spacial score (nSPS) is 11.4. The third-order valence-electron chi connectivity index (χ3n) is 5.70. The smallest absolute Gasteiger partial charge is 0.423 e. The number of hydrogen-bond donors (Lipinski definition) is 2. The van der Waals surface area contributed by atoms with Crippen LogP contribution >= 0.6 is 11.3 Å². The van der Waals surface area contributed by atoms with Gasteiger partial charge in [-0.05, 0) is 29.0 Å². The Morgan fingerprint density at radius 1 is 0.625 bits per heavy atom. The van der Waals surface area contributed by atoms with Gasteiger partial charge in [0.15, 0.2) is 5.82 Å². The molecule has 6 rings (SSSR count). The van der Waals surface area contributed by atoms with E-state index in [1.807, 2.05) is 54.6 Å². The van der Waals surface area contributed by atoms with Gasteiger partial charge in [0.1, 0.15) is 0 Å². The van der Waals surface area contributed by atoms with E-state index in [0.29, 0.717) is 11.3 Å².